The Morgan fingerprint density at radius 3 is 2.07 bits per heavy atom. The number of halogens is 5. The van der Waals surface area contributed by atoms with E-state index in [1.54, 1.807) is 19.1 Å². The van der Waals surface area contributed by atoms with Crippen LogP contribution in [0.25, 0.3) is 22.3 Å². The van der Waals surface area contributed by atoms with Crippen LogP contribution in [-0.4, -0.2) is 22.0 Å². The Morgan fingerprint density at radius 1 is 0.889 bits per heavy atom. The van der Waals surface area contributed by atoms with Crippen LogP contribution < -0.4 is 10.6 Å². The van der Waals surface area contributed by atoms with Gasteiger partial charge in [0.1, 0.15) is 11.9 Å². The van der Waals surface area contributed by atoms with Gasteiger partial charge in [0.2, 0.25) is 11.8 Å². The van der Waals surface area contributed by atoms with E-state index in [1.807, 2.05) is 24.3 Å². The normalized spacial score (nSPS) is 12.1. The topological polar surface area (TPSA) is 97.1 Å². The predicted molar refractivity (Wildman–Crippen MR) is 161 cm³/mol. The van der Waals surface area contributed by atoms with Gasteiger partial charge in [0.25, 0.3) is 5.91 Å². The first-order chi connectivity index (χ1) is 21.4. The molecule has 12 heteroatoms. The summed E-state index contributed by atoms with van der Waals surface area (Å²) >= 11 is 5.94. The molecule has 5 rings (SSSR count). The second-order valence-electron chi connectivity index (χ2n) is 10.3. The van der Waals surface area contributed by atoms with Crippen LogP contribution in [0.15, 0.2) is 89.5 Å². The molecule has 0 radical (unpaired) electrons. The van der Waals surface area contributed by atoms with Gasteiger partial charge in [-0.3, -0.25) is 9.59 Å². The van der Waals surface area contributed by atoms with Crippen LogP contribution in [0.5, 0.6) is 0 Å². The standard InChI is InChI=1S/C33H25ClF4N4O3/c1-18-39-32(45-42-18)30(15-20-3-5-21(6-4-20)24-9-13-28(35)27(34)17-24)41-31(44)26-16-23(10-14-29(26)40-19(2)43)22-7-11-25(12-8-22)33(36,37)38/h3-14,16-17,30H,15H2,1-2H3,(H,40,43)(H,41,44)/t30-/m1/s1. The molecule has 0 aliphatic carbocycles. The number of rotatable bonds is 8. The Labute approximate surface area is 260 Å². The van der Waals surface area contributed by atoms with Crippen molar-refractivity contribution in [1.29, 1.82) is 0 Å². The summed E-state index contributed by atoms with van der Waals surface area (Å²) in [6.07, 6.45) is -4.25. The van der Waals surface area contributed by atoms with Gasteiger partial charge in [0.05, 0.1) is 21.8 Å². The fourth-order valence-corrected chi connectivity index (χ4v) is 4.88. The summed E-state index contributed by atoms with van der Waals surface area (Å²) in [6, 6.07) is 20.1. The van der Waals surface area contributed by atoms with Crippen LogP contribution in [0.1, 0.15) is 46.2 Å². The van der Waals surface area contributed by atoms with Crippen LogP contribution in [0.2, 0.25) is 5.02 Å². The van der Waals surface area contributed by atoms with Gasteiger partial charge in [0, 0.05) is 13.3 Å². The molecule has 1 heterocycles. The average Bonchev–Trinajstić information content (AvgIpc) is 3.44. The van der Waals surface area contributed by atoms with E-state index in [0.717, 1.165) is 28.8 Å². The number of aromatic nitrogens is 2. The minimum absolute atomic E-state index is 0.00661. The lowest BCUT2D eigenvalue weighted by Gasteiger charge is -2.18. The number of nitrogens with zero attached hydrogens (tertiary/aromatic N) is 2. The van der Waals surface area contributed by atoms with Crippen LogP contribution in [0, 0.1) is 12.7 Å². The maximum atomic E-state index is 13.8. The molecule has 0 aliphatic rings. The maximum Gasteiger partial charge on any atom is 0.416 e. The number of anilines is 1. The number of aryl methyl sites for hydroxylation is 1. The molecule has 4 aromatic carbocycles. The van der Waals surface area contributed by atoms with E-state index < -0.39 is 35.4 Å². The van der Waals surface area contributed by atoms with Gasteiger partial charge in [-0.2, -0.15) is 18.2 Å². The van der Waals surface area contributed by atoms with E-state index in [0.29, 0.717) is 17.0 Å². The molecule has 0 aliphatic heterocycles. The van der Waals surface area contributed by atoms with Crippen molar-refractivity contribution in [3.63, 3.8) is 0 Å². The van der Waals surface area contributed by atoms with Gasteiger partial charge in [0.15, 0.2) is 5.82 Å². The van der Waals surface area contributed by atoms with E-state index >= 15 is 0 Å². The molecule has 230 valence electrons. The average molecular weight is 637 g/mol. The molecule has 1 atom stereocenters. The van der Waals surface area contributed by atoms with Gasteiger partial charge in [-0.1, -0.05) is 65.3 Å². The molecule has 0 unspecified atom stereocenters. The molecular formula is C33H25ClF4N4O3. The molecule has 0 saturated heterocycles. The fraction of sp³-hybridized carbons (Fsp3) is 0.152. The Hall–Kier alpha value is -5.03. The monoisotopic (exact) mass is 636 g/mol. The van der Waals surface area contributed by atoms with Gasteiger partial charge in [-0.15, -0.1) is 0 Å². The van der Waals surface area contributed by atoms with Gasteiger partial charge < -0.3 is 15.2 Å². The summed E-state index contributed by atoms with van der Waals surface area (Å²) in [4.78, 5) is 30.0. The Bertz CT molecular complexity index is 1860. The molecule has 45 heavy (non-hydrogen) atoms. The SMILES string of the molecule is CC(=O)Nc1ccc(-c2ccc(C(F)(F)F)cc2)cc1C(=O)N[C@H](Cc1ccc(-c2ccc(F)c(Cl)c2)cc1)c1nc(C)no1. The third-order valence-corrected chi connectivity index (χ3v) is 7.20. The lowest BCUT2D eigenvalue weighted by atomic mass is 9.98. The number of alkyl halides is 3. The fourth-order valence-electron chi connectivity index (χ4n) is 4.70. The largest absolute Gasteiger partial charge is 0.416 e. The summed E-state index contributed by atoms with van der Waals surface area (Å²) < 4.78 is 58.3. The van der Waals surface area contributed by atoms with E-state index in [4.69, 9.17) is 16.1 Å². The maximum absolute atomic E-state index is 13.8. The third kappa shape index (κ3) is 7.55. The molecular weight excluding hydrogens is 612 g/mol. The van der Waals surface area contributed by atoms with Crippen molar-refractivity contribution >= 4 is 29.1 Å². The highest BCUT2D eigenvalue weighted by Gasteiger charge is 2.30. The number of benzene rings is 4. The lowest BCUT2D eigenvalue weighted by Crippen LogP contribution is -2.31. The molecule has 5 aromatic rings. The van der Waals surface area contributed by atoms with E-state index in [1.165, 1.54) is 43.3 Å². The van der Waals surface area contributed by atoms with Gasteiger partial charge >= 0.3 is 6.18 Å². The van der Waals surface area contributed by atoms with Crippen molar-refractivity contribution in [3.8, 4) is 22.3 Å². The quantitative estimate of drug-likeness (QED) is 0.167. The summed E-state index contributed by atoms with van der Waals surface area (Å²) in [5.74, 6) is -1.02. The first-order valence-corrected chi connectivity index (χ1v) is 14.0. The van der Waals surface area contributed by atoms with Crippen LogP contribution in [0.4, 0.5) is 23.2 Å². The van der Waals surface area contributed by atoms with Gasteiger partial charge in [-0.05, 0) is 71.1 Å². The Morgan fingerprint density at radius 2 is 1.49 bits per heavy atom. The first kappa shape index (κ1) is 31.4. The van der Waals surface area contributed by atoms with Crippen molar-refractivity contribution < 1.29 is 31.7 Å². The first-order valence-electron chi connectivity index (χ1n) is 13.6. The van der Waals surface area contributed by atoms with Crippen molar-refractivity contribution in [1.82, 2.24) is 15.5 Å². The molecule has 0 saturated carbocycles. The van der Waals surface area contributed by atoms with Crippen molar-refractivity contribution in [2.75, 3.05) is 5.32 Å². The molecule has 2 N–H and O–H groups in total. The predicted octanol–water partition coefficient (Wildman–Crippen LogP) is 8.20. The molecule has 0 spiro atoms. The second-order valence-corrected chi connectivity index (χ2v) is 10.7. The second kappa shape index (κ2) is 12.9. The minimum Gasteiger partial charge on any atom is -0.340 e. The summed E-state index contributed by atoms with van der Waals surface area (Å²) in [6.45, 7) is 2.93. The number of amides is 2. The van der Waals surface area contributed by atoms with Crippen LogP contribution in [-0.2, 0) is 17.4 Å². The van der Waals surface area contributed by atoms with Crippen LogP contribution >= 0.6 is 11.6 Å². The number of hydrogen-bond donors (Lipinski definition) is 2. The van der Waals surface area contributed by atoms with Crippen molar-refractivity contribution in [3.05, 3.63) is 124 Å². The summed E-state index contributed by atoms with van der Waals surface area (Å²) in [5, 5.41) is 9.38. The zero-order valence-electron chi connectivity index (χ0n) is 23.9. The Kier molecular flexibility index (Phi) is 9.01. The third-order valence-electron chi connectivity index (χ3n) is 6.91. The summed E-state index contributed by atoms with van der Waals surface area (Å²) in [5.41, 5.74) is 2.71. The van der Waals surface area contributed by atoms with E-state index in [2.05, 4.69) is 20.8 Å². The highest BCUT2D eigenvalue weighted by atomic mass is 35.5. The van der Waals surface area contributed by atoms with Crippen molar-refractivity contribution in [2.45, 2.75) is 32.5 Å². The molecule has 7 nitrogen and oxygen atoms in total. The van der Waals surface area contributed by atoms with E-state index in [-0.39, 0.29) is 28.6 Å². The molecule has 0 fully saturated rings. The number of carbonyl (C=O) groups excluding carboxylic acids is 2. The minimum atomic E-state index is -4.49. The highest BCUT2D eigenvalue weighted by Crippen LogP contribution is 2.33. The number of hydrogen-bond acceptors (Lipinski definition) is 5. The highest BCUT2D eigenvalue weighted by molar-refractivity contribution is 6.31. The lowest BCUT2D eigenvalue weighted by molar-refractivity contribution is -0.137. The van der Waals surface area contributed by atoms with Crippen molar-refractivity contribution in [2.24, 2.45) is 0 Å². The van der Waals surface area contributed by atoms with Gasteiger partial charge in [-0.25, -0.2) is 4.39 Å². The van der Waals surface area contributed by atoms with E-state index in [9.17, 15) is 27.2 Å². The number of nitrogens with one attached hydrogen (secondary N) is 2. The summed E-state index contributed by atoms with van der Waals surface area (Å²) in [7, 11) is 0. The Balaban J connectivity index is 1.44. The zero-order chi connectivity index (χ0) is 32.3. The smallest absolute Gasteiger partial charge is 0.340 e. The molecule has 1 aromatic heterocycles. The molecule has 2 amide bonds. The zero-order valence-corrected chi connectivity index (χ0v) is 24.6. The molecule has 0 bridgehead atoms. The van der Waals surface area contributed by atoms with Crippen LogP contribution in [0.3, 0.4) is 0 Å². The number of carbonyl (C=O) groups is 2.